The molecule has 0 bridgehead atoms. The Bertz CT molecular complexity index is 375. The molecule has 2 fully saturated rings. The first-order valence-corrected chi connectivity index (χ1v) is 8.51. The smallest absolute Gasteiger partial charge is 0.209 e. The van der Waals surface area contributed by atoms with Crippen molar-refractivity contribution in [3.63, 3.8) is 0 Å². The summed E-state index contributed by atoms with van der Waals surface area (Å²) < 4.78 is 28.4. The lowest BCUT2D eigenvalue weighted by Crippen LogP contribution is -2.50. The summed E-state index contributed by atoms with van der Waals surface area (Å²) in [5.41, 5.74) is -0.0841. The first kappa shape index (κ1) is 14.2. The number of ether oxygens (including phenoxy) is 1. The van der Waals surface area contributed by atoms with E-state index in [2.05, 4.69) is 11.8 Å². The summed E-state index contributed by atoms with van der Waals surface area (Å²) in [6.07, 6.45) is 3.70. The van der Waals surface area contributed by atoms with Gasteiger partial charge in [-0.2, -0.15) is 0 Å². The third kappa shape index (κ3) is 3.66. The molecule has 2 rings (SSSR count). The maximum absolute atomic E-state index is 11.2. The lowest BCUT2D eigenvalue weighted by molar-refractivity contribution is -0.123. The van der Waals surface area contributed by atoms with E-state index >= 15 is 0 Å². The van der Waals surface area contributed by atoms with E-state index in [1.165, 1.54) is 0 Å². The van der Waals surface area contributed by atoms with Gasteiger partial charge in [-0.05, 0) is 38.1 Å². The summed E-state index contributed by atoms with van der Waals surface area (Å²) in [5.74, 6) is 0.275. The minimum atomic E-state index is -3.36. The Balaban J connectivity index is 1.94. The topological polar surface area (TPSA) is 72.6 Å². The first-order valence-electron chi connectivity index (χ1n) is 6.79. The van der Waals surface area contributed by atoms with Crippen molar-refractivity contribution in [3.05, 3.63) is 0 Å². The molecule has 0 amide bonds. The molecule has 2 heterocycles. The zero-order chi connectivity index (χ0) is 13.2. The molecule has 1 spiro atoms. The van der Waals surface area contributed by atoms with Crippen molar-refractivity contribution in [1.82, 2.24) is 4.90 Å². The number of piperidine rings is 1. The number of primary sulfonamides is 1. The largest absolute Gasteiger partial charge is 0.375 e. The molecule has 1 unspecified atom stereocenters. The van der Waals surface area contributed by atoms with Crippen LogP contribution >= 0.6 is 0 Å². The second kappa shape index (κ2) is 5.45. The minimum absolute atomic E-state index is 0.0841. The molecule has 5 nitrogen and oxygen atoms in total. The van der Waals surface area contributed by atoms with Gasteiger partial charge in [0.1, 0.15) is 0 Å². The van der Waals surface area contributed by atoms with Crippen molar-refractivity contribution in [2.45, 2.75) is 38.2 Å². The number of sulfonamides is 1. The molecule has 0 radical (unpaired) electrons. The third-order valence-corrected chi connectivity index (χ3v) is 5.21. The zero-order valence-electron chi connectivity index (χ0n) is 11.1. The van der Waals surface area contributed by atoms with Crippen molar-refractivity contribution < 1.29 is 13.2 Å². The molecular weight excluding hydrogens is 252 g/mol. The van der Waals surface area contributed by atoms with Crippen LogP contribution in [0.2, 0.25) is 0 Å². The van der Waals surface area contributed by atoms with Crippen molar-refractivity contribution in [1.29, 1.82) is 0 Å². The van der Waals surface area contributed by atoms with Gasteiger partial charge >= 0.3 is 0 Å². The second-order valence-corrected chi connectivity index (χ2v) is 7.31. The molecular formula is C12H24N2O3S. The van der Waals surface area contributed by atoms with Crippen molar-refractivity contribution in [2.24, 2.45) is 11.1 Å². The molecule has 2 N–H and O–H groups in total. The summed E-state index contributed by atoms with van der Waals surface area (Å²) in [7, 11) is -3.36. The minimum Gasteiger partial charge on any atom is -0.375 e. The number of hydrogen-bond acceptors (Lipinski definition) is 4. The maximum atomic E-state index is 11.2. The van der Waals surface area contributed by atoms with Gasteiger partial charge in [0.2, 0.25) is 10.0 Å². The van der Waals surface area contributed by atoms with Crippen LogP contribution in [0.3, 0.4) is 0 Å². The Morgan fingerprint density at radius 1 is 1.39 bits per heavy atom. The Labute approximate surface area is 110 Å². The number of rotatable bonds is 3. The SMILES string of the molecule is CCN1CCC2(CC1)CC(CS(N)(=O)=O)CCO2. The predicted molar refractivity (Wildman–Crippen MR) is 70.7 cm³/mol. The van der Waals surface area contributed by atoms with Crippen LogP contribution in [-0.4, -0.2) is 50.9 Å². The van der Waals surface area contributed by atoms with E-state index in [-0.39, 0.29) is 17.3 Å². The van der Waals surface area contributed by atoms with Crippen molar-refractivity contribution in [2.75, 3.05) is 32.0 Å². The highest BCUT2D eigenvalue weighted by Crippen LogP contribution is 2.37. The van der Waals surface area contributed by atoms with Crippen LogP contribution in [0.15, 0.2) is 0 Å². The summed E-state index contributed by atoms with van der Waals surface area (Å²) in [6, 6.07) is 0. The normalized spacial score (nSPS) is 29.6. The molecule has 2 saturated heterocycles. The lowest BCUT2D eigenvalue weighted by Gasteiger charge is -2.46. The molecule has 0 aliphatic carbocycles. The summed E-state index contributed by atoms with van der Waals surface area (Å²) in [5, 5.41) is 5.15. The molecule has 0 aromatic rings. The van der Waals surface area contributed by atoms with E-state index in [1.54, 1.807) is 0 Å². The lowest BCUT2D eigenvalue weighted by atomic mass is 9.80. The van der Waals surface area contributed by atoms with Gasteiger partial charge in [0.15, 0.2) is 0 Å². The van der Waals surface area contributed by atoms with E-state index in [4.69, 9.17) is 9.88 Å². The number of nitrogens with two attached hydrogens (primary N) is 1. The highest BCUT2D eigenvalue weighted by Gasteiger charge is 2.40. The van der Waals surface area contributed by atoms with Gasteiger partial charge in [0, 0.05) is 19.7 Å². The van der Waals surface area contributed by atoms with Gasteiger partial charge in [-0.25, -0.2) is 13.6 Å². The van der Waals surface area contributed by atoms with Gasteiger partial charge in [-0.3, -0.25) is 0 Å². The summed E-state index contributed by atoms with van der Waals surface area (Å²) in [4.78, 5) is 2.41. The molecule has 6 heteroatoms. The van der Waals surface area contributed by atoms with Crippen LogP contribution in [0, 0.1) is 5.92 Å². The molecule has 106 valence electrons. The van der Waals surface area contributed by atoms with Crippen molar-refractivity contribution in [3.8, 4) is 0 Å². The van der Waals surface area contributed by atoms with Crippen LogP contribution in [0.25, 0.3) is 0 Å². The van der Waals surface area contributed by atoms with E-state index in [0.29, 0.717) is 6.61 Å². The average Bonchev–Trinajstić information content (AvgIpc) is 2.28. The molecule has 0 saturated carbocycles. The summed E-state index contributed by atoms with van der Waals surface area (Å²) in [6.45, 7) is 6.03. The molecule has 2 aliphatic heterocycles. The number of nitrogens with zero attached hydrogens (tertiary/aromatic N) is 1. The van der Waals surface area contributed by atoms with E-state index in [1.807, 2.05) is 0 Å². The van der Waals surface area contributed by atoms with Crippen molar-refractivity contribution >= 4 is 10.0 Å². The fourth-order valence-corrected chi connectivity index (χ4v) is 4.17. The van der Waals surface area contributed by atoms with Gasteiger partial charge in [0.25, 0.3) is 0 Å². The Morgan fingerprint density at radius 2 is 2.06 bits per heavy atom. The highest BCUT2D eigenvalue weighted by molar-refractivity contribution is 7.89. The van der Waals surface area contributed by atoms with E-state index in [9.17, 15) is 8.42 Å². The first-order chi connectivity index (χ1) is 8.42. The Kier molecular flexibility index (Phi) is 4.31. The Morgan fingerprint density at radius 3 is 2.61 bits per heavy atom. The van der Waals surface area contributed by atoms with E-state index in [0.717, 1.165) is 45.3 Å². The predicted octanol–water partition coefficient (Wildman–Crippen LogP) is 0.556. The highest BCUT2D eigenvalue weighted by atomic mass is 32.2. The van der Waals surface area contributed by atoms with Crippen LogP contribution in [0.1, 0.15) is 32.6 Å². The molecule has 18 heavy (non-hydrogen) atoms. The third-order valence-electron chi connectivity index (χ3n) is 4.28. The molecule has 1 atom stereocenters. The van der Waals surface area contributed by atoms with Crippen LogP contribution in [0.5, 0.6) is 0 Å². The molecule has 0 aromatic heterocycles. The van der Waals surface area contributed by atoms with Gasteiger partial charge in [-0.1, -0.05) is 6.92 Å². The quantitative estimate of drug-likeness (QED) is 0.817. The fraction of sp³-hybridized carbons (Fsp3) is 1.00. The van der Waals surface area contributed by atoms with Crippen LogP contribution < -0.4 is 5.14 Å². The Hall–Kier alpha value is -0.170. The second-order valence-electron chi connectivity index (χ2n) is 5.65. The molecule has 0 aromatic carbocycles. The van der Waals surface area contributed by atoms with Gasteiger partial charge in [-0.15, -0.1) is 0 Å². The standard InChI is InChI=1S/C12H24N2O3S/c1-2-14-6-4-12(5-7-14)9-11(3-8-17-12)10-18(13,15)16/h11H,2-10H2,1H3,(H2,13,15,16). The summed E-state index contributed by atoms with van der Waals surface area (Å²) >= 11 is 0. The molecule has 2 aliphatic rings. The maximum Gasteiger partial charge on any atom is 0.209 e. The average molecular weight is 276 g/mol. The van der Waals surface area contributed by atoms with Gasteiger partial charge in [0.05, 0.1) is 11.4 Å². The fourth-order valence-electron chi connectivity index (χ4n) is 3.23. The number of hydrogen-bond donors (Lipinski definition) is 1. The van der Waals surface area contributed by atoms with Crippen LogP contribution in [0.4, 0.5) is 0 Å². The van der Waals surface area contributed by atoms with E-state index < -0.39 is 10.0 Å². The van der Waals surface area contributed by atoms with Gasteiger partial charge < -0.3 is 9.64 Å². The monoisotopic (exact) mass is 276 g/mol. The number of likely N-dealkylation sites (tertiary alicyclic amines) is 1. The van der Waals surface area contributed by atoms with Crippen LogP contribution in [-0.2, 0) is 14.8 Å². The zero-order valence-corrected chi connectivity index (χ0v) is 11.9.